The quantitative estimate of drug-likeness (QED) is 0.466. The normalized spacial score (nSPS) is 14.8. The van der Waals surface area contributed by atoms with Gasteiger partial charge in [-0.2, -0.15) is 0 Å². The topological polar surface area (TPSA) is 126 Å². The van der Waals surface area contributed by atoms with Crippen LogP contribution in [0, 0.1) is 5.82 Å². The average Bonchev–Trinajstić information content (AvgIpc) is 3.31. The van der Waals surface area contributed by atoms with Gasteiger partial charge in [-0.25, -0.2) is 17.6 Å². The Hall–Kier alpha value is -4.32. The molecule has 3 aromatic rings. The first-order valence-corrected chi connectivity index (χ1v) is 12.5. The lowest BCUT2D eigenvalue weighted by Crippen LogP contribution is -2.27. The van der Waals surface area contributed by atoms with E-state index in [-0.39, 0.29) is 27.9 Å². The molecule has 0 spiro atoms. The number of anilines is 3. The minimum atomic E-state index is -4.10. The summed E-state index contributed by atoms with van der Waals surface area (Å²) in [5.41, 5.74) is 0.235. The van der Waals surface area contributed by atoms with Gasteiger partial charge in [0.1, 0.15) is 19.0 Å². The Balaban J connectivity index is 1.39. The molecular weight excluding hydrogens is 491 g/mol. The predicted octanol–water partition coefficient (Wildman–Crippen LogP) is 3.18. The molecule has 3 amide bonds. The van der Waals surface area contributed by atoms with Crippen molar-refractivity contribution in [1.29, 1.82) is 0 Å². The molecule has 0 atom stereocenters. The number of rotatable bonds is 6. The van der Waals surface area contributed by atoms with Crippen molar-refractivity contribution in [2.75, 3.05) is 41.2 Å². The number of ether oxygens (including phenoxy) is 2. The first-order chi connectivity index (χ1) is 17.3. The number of benzene rings is 3. The Morgan fingerprint density at radius 1 is 0.972 bits per heavy atom. The largest absolute Gasteiger partial charge is 0.486 e. The molecule has 0 aromatic heterocycles. The number of carbonyl (C=O) groups is 2. The van der Waals surface area contributed by atoms with E-state index in [1.165, 1.54) is 47.4 Å². The second kappa shape index (κ2) is 9.38. The molecule has 3 N–H and O–H groups in total. The summed E-state index contributed by atoms with van der Waals surface area (Å²) in [5, 5.41) is 5.12. The van der Waals surface area contributed by atoms with Gasteiger partial charge in [0.2, 0.25) is 0 Å². The first kappa shape index (κ1) is 23.4. The second-order valence-corrected chi connectivity index (χ2v) is 9.64. The molecule has 0 aliphatic carbocycles. The lowest BCUT2D eigenvalue weighted by Gasteiger charge is -2.19. The monoisotopic (exact) mass is 512 g/mol. The summed E-state index contributed by atoms with van der Waals surface area (Å²) >= 11 is 0. The van der Waals surface area contributed by atoms with E-state index in [9.17, 15) is 22.4 Å². The molecule has 1 fully saturated rings. The van der Waals surface area contributed by atoms with Gasteiger partial charge in [-0.05, 0) is 42.5 Å². The Morgan fingerprint density at radius 2 is 1.75 bits per heavy atom. The minimum Gasteiger partial charge on any atom is -0.486 e. The van der Waals surface area contributed by atoms with Crippen LogP contribution in [0.1, 0.15) is 10.4 Å². The molecule has 0 bridgehead atoms. The molecular formula is C24H21FN4O6S. The highest BCUT2D eigenvalue weighted by Gasteiger charge is 2.24. The molecule has 3 aromatic carbocycles. The number of nitrogens with zero attached hydrogens (tertiary/aromatic N) is 1. The number of hydrogen-bond donors (Lipinski definition) is 3. The van der Waals surface area contributed by atoms with Crippen LogP contribution in [0.2, 0.25) is 0 Å². The molecule has 186 valence electrons. The third kappa shape index (κ3) is 4.62. The van der Waals surface area contributed by atoms with Crippen LogP contribution in [-0.2, 0) is 10.0 Å². The summed E-state index contributed by atoms with van der Waals surface area (Å²) in [6.45, 7) is 1.53. The van der Waals surface area contributed by atoms with Crippen LogP contribution in [0.3, 0.4) is 0 Å². The first-order valence-electron chi connectivity index (χ1n) is 11.0. The van der Waals surface area contributed by atoms with Crippen molar-refractivity contribution in [3.8, 4) is 11.5 Å². The number of urea groups is 1. The molecule has 1 saturated heterocycles. The Kier molecular flexibility index (Phi) is 6.10. The molecule has 2 aliphatic heterocycles. The number of halogens is 1. The fraction of sp³-hybridized carbons (Fsp3) is 0.167. The highest BCUT2D eigenvalue weighted by Crippen LogP contribution is 2.33. The highest BCUT2D eigenvalue weighted by atomic mass is 32.2. The maximum absolute atomic E-state index is 14.5. The SMILES string of the molecule is O=C(Nc1cc(N2CCNC2=O)ccc1F)c1ccccc1NS(=O)(=O)c1ccc2c(c1)OCCO2. The summed E-state index contributed by atoms with van der Waals surface area (Å²) in [7, 11) is -4.10. The average molecular weight is 513 g/mol. The molecule has 0 saturated carbocycles. The van der Waals surface area contributed by atoms with E-state index in [2.05, 4.69) is 15.4 Å². The van der Waals surface area contributed by atoms with E-state index < -0.39 is 21.7 Å². The maximum atomic E-state index is 14.5. The fourth-order valence-corrected chi connectivity index (χ4v) is 4.94. The van der Waals surface area contributed by atoms with Crippen LogP contribution in [0.5, 0.6) is 11.5 Å². The van der Waals surface area contributed by atoms with Gasteiger partial charge in [-0.3, -0.25) is 14.4 Å². The van der Waals surface area contributed by atoms with Gasteiger partial charge in [0.05, 0.1) is 21.8 Å². The van der Waals surface area contributed by atoms with Crippen LogP contribution >= 0.6 is 0 Å². The van der Waals surface area contributed by atoms with Crippen LogP contribution in [0.25, 0.3) is 0 Å². The van der Waals surface area contributed by atoms with Gasteiger partial charge in [0.15, 0.2) is 11.5 Å². The summed E-state index contributed by atoms with van der Waals surface area (Å²) in [6, 6.07) is 13.8. The second-order valence-electron chi connectivity index (χ2n) is 7.96. The van der Waals surface area contributed by atoms with Crippen molar-refractivity contribution in [2.45, 2.75) is 4.90 Å². The van der Waals surface area contributed by atoms with Crippen molar-refractivity contribution in [2.24, 2.45) is 0 Å². The van der Waals surface area contributed by atoms with Crippen LogP contribution < -0.4 is 29.7 Å². The zero-order valence-electron chi connectivity index (χ0n) is 18.8. The van der Waals surface area contributed by atoms with Crippen LogP contribution in [-0.4, -0.2) is 46.7 Å². The number of fused-ring (bicyclic) bond motifs is 1. The summed E-state index contributed by atoms with van der Waals surface area (Å²) in [4.78, 5) is 26.3. The van der Waals surface area contributed by atoms with Gasteiger partial charge in [-0.15, -0.1) is 0 Å². The van der Waals surface area contributed by atoms with Gasteiger partial charge < -0.3 is 20.1 Å². The van der Waals surface area contributed by atoms with Crippen molar-refractivity contribution in [3.05, 3.63) is 72.0 Å². The molecule has 0 radical (unpaired) electrons. The van der Waals surface area contributed by atoms with E-state index in [4.69, 9.17) is 9.47 Å². The van der Waals surface area contributed by atoms with Gasteiger partial charge in [0.25, 0.3) is 15.9 Å². The molecule has 2 aliphatic rings. The van der Waals surface area contributed by atoms with Crippen molar-refractivity contribution < 1.29 is 31.9 Å². The van der Waals surface area contributed by atoms with E-state index in [1.807, 2.05) is 0 Å². The van der Waals surface area contributed by atoms with E-state index in [0.29, 0.717) is 43.5 Å². The van der Waals surface area contributed by atoms with E-state index in [0.717, 1.165) is 6.07 Å². The minimum absolute atomic E-state index is 0.000345. The predicted molar refractivity (Wildman–Crippen MR) is 130 cm³/mol. The summed E-state index contributed by atoms with van der Waals surface area (Å²) < 4.78 is 53.9. The highest BCUT2D eigenvalue weighted by molar-refractivity contribution is 7.92. The van der Waals surface area contributed by atoms with Crippen molar-refractivity contribution in [1.82, 2.24) is 5.32 Å². The van der Waals surface area contributed by atoms with Gasteiger partial charge in [-0.1, -0.05) is 12.1 Å². The molecule has 0 unspecified atom stereocenters. The standard InChI is InChI=1S/C24H21FN4O6S/c25-18-7-5-15(29-10-9-26-24(29)31)13-20(18)27-23(30)17-3-1-2-4-19(17)28-36(32,33)16-6-8-21-22(14-16)35-12-11-34-21/h1-8,13-14,28H,9-12H2,(H,26,31)(H,27,30). The summed E-state index contributed by atoms with van der Waals surface area (Å²) in [6.07, 6.45) is 0. The molecule has 10 nitrogen and oxygen atoms in total. The van der Waals surface area contributed by atoms with Crippen LogP contribution in [0.4, 0.5) is 26.2 Å². The van der Waals surface area contributed by atoms with Gasteiger partial charge in [0, 0.05) is 24.8 Å². The zero-order valence-corrected chi connectivity index (χ0v) is 19.6. The lowest BCUT2D eigenvalue weighted by atomic mass is 10.1. The van der Waals surface area contributed by atoms with Crippen molar-refractivity contribution in [3.63, 3.8) is 0 Å². The Morgan fingerprint density at radius 3 is 2.53 bits per heavy atom. The van der Waals surface area contributed by atoms with E-state index in [1.54, 1.807) is 12.1 Å². The number of nitrogens with one attached hydrogen (secondary N) is 3. The number of sulfonamides is 1. The zero-order chi connectivity index (χ0) is 25.3. The smallest absolute Gasteiger partial charge is 0.321 e. The number of hydrogen-bond acceptors (Lipinski definition) is 6. The Bertz CT molecular complexity index is 1460. The Labute approximate surface area is 206 Å². The fourth-order valence-electron chi connectivity index (χ4n) is 3.85. The third-order valence-electron chi connectivity index (χ3n) is 5.61. The number of para-hydroxylation sites is 1. The molecule has 12 heteroatoms. The molecule has 36 heavy (non-hydrogen) atoms. The third-order valence-corrected chi connectivity index (χ3v) is 6.97. The van der Waals surface area contributed by atoms with Crippen LogP contribution in [0.15, 0.2) is 65.6 Å². The maximum Gasteiger partial charge on any atom is 0.321 e. The van der Waals surface area contributed by atoms with E-state index >= 15 is 0 Å². The van der Waals surface area contributed by atoms with Crippen molar-refractivity contribution >= 4 is 39.0 Å². The summed E-state index contributed by atoms with van der Waals surface area (Å²) in [5.74, 6) is -0.703. The molecule has 2 heterocycles. The van der Waals surface area contributed by atoms with Gasteiger partial charge >= 0.3 is 6.03 Å². The molecule has 5 rings (SSSR count). The number of carbonyl (C=O) groups excluding carboxylic acids is 2. The number of amides is 3. The lowest BCUT2D eigenvalue weighted by molar-refractivity contribution is 0.102.